The largest absolute Gasteiger partial charge is 0.369 e. The third-order valence-electron chi connectivity index (χ3n) is 3.04. The fourth-order valence-corrected chi connectivity index (χ4v) is 2.54. The molecule has 2 heterocycles. The Bertz CT molecular complexity index is 345. The Morgan fingerprint density at radius 2 is 2.50 bits per heavy atom. The van der Waals surface area contributed by atoms with Crippen molar-refractivity contribution in [2.75, 3.05) is 31.5 Å². The summed E-state index contributed by atoms with van der Waals surface area (Å²) in [6.45, 7) is 6.86. The van der Waals surface area contributed by atoms with Crippen LogP contribution in [0.2, 0.25) is 0 Å². The summed E-state index contributed by atoms with van der Waals surface area (Å²) in [6, 6.07) is 0. The quantitative estimate of drug-likeness (QED) is 0.855. The van der Waals surface area contributed by atoms with Crippen molar-refractivity contribution in [3.05, 3.63) is 16.1 Å². The van der Waals surface area contributed by atoms with Crippen molar-refractivity contribution in [1.29, 1.82) is 0 Å². The van der Waals surface area contributed by atoms with Crippen LogP contribution in [0.25, 0.3) is 0 Å². The minimum atomic E-state index is 0.755. The third kappa shape index (κ3) is 3.04. The van der Waals surface area contributed by atoms with Crippen molar-refractivity contribution in [2.45, 2.75) is 13.3 Å². The van der Waals surface area contributed by atoms with Gasteiger partial charge in [0.2, 0.25) is 0 Å². The van der Waals surface area contributed by atoms with Gasteiger partial charge in [-0.2, -0.15) is 0 Å². The van der Waals surface area contributed by atoms with Crippen LogP contribution in [0.15, 0.2) is 12.5 Å². The minimum absolute atomic E-state index is 0.755. The molecule has 0 aliphatic carbocycles. The molecular weight excluding hydrogens is 315 g/mol. The Balaban J connectivity index is 1.82. The van der Waals surface area contributed by atoms with E-state index in [2.05, 4.69) is 49.7 Å². The van der Waals surface area contributed by atoms with E-state index in [1.54, 1.807) is 6.33 Å². The number of likely N-dealkylation sites (tertiary alicyclic amines) is 1. The first-order valence-corrected chi connectivity index (χ1v) is 6.79. The second kappa shape index (κ2) is 5.77. The van der Waals surface area contributed by atoms with E-state index in [1.165, 1.54) is 26.1 Å². The molecule has 1 saturated heterocycles. The zero-order chi connectivity index (χ0) is 11.4. The average molecular weight is 332 g/mol. The standard InChI is InChI=1S/C11H17IN4/c1-2-16-4-3-9(7-16)5-14-11-10(12)6-13-8-15-11/h6,8-9H,2-5,7H2,1H3,(H,13,14,15). The first-order chi connectivity index (χ1) is 7.79. The molecule has 1 aromatic heterocycles. The van der Waals surface area contributed by atoms with Crippen molar-refractivity contribution in [3.8, 4) is 0 Å². The average Bonchev–Trinajstić information content (AvgIpc) is 2.76. The van der Waals surface area contributed by atoms with E-state index in [9.17, 15) is 0 Å². The predicted octanol–water partition coefficient (Wildman–Crippen LogP) is 1.83. The van der Waals surface area contributed by atoms with Gasteiger partial charge < -0.3 is 10.2 Å². The Kier molecular flexibility index (Phi) is 4.34. The first-order valence-electron chi connectivity index (χ1n) is 5.71. The van der Waals surface area contributed by atoms with Crippen molar-refractivity contribution < 1.29 is 0 Å². The number of anilines is 1. The molecule has 1 aliphatic rings. The summed E-state index contributed by atoms with van der Waals surface area (Å²) in [7, 11) is 0. The van der Waals surface area contributed by atoms with E-state index >= 15 is 0 Å². The van der Waals surface area contributed by atoms with E-state index in [-0.39, 0.29) is 0 Å². The number of nitrogens with one attached hydrogen (secondary N) is 1. The predicted molar refractivity (Wildman–Crippen MR) is 73.5 cm³/mol. The van der Waals surface area contributed by atoms with Crippen LogP contribution in [0, 0.1) is 9.49 Å². The number of nitrogens with zero attached hydrogens (tertiary/aromatic N) is 3. The molecule has 88 valence electrons. The van der Waals surface area contributed by atoms with Crippen LogP contribution in [-0.4, -0.2) is 41.0 Å². The van der Waals surface area contributed by atoms with Crippen LogP contribution in [-0.2, 0) is 0 Å². The highest BCUT2D eigenvalue weighted by Gasteiger charge is 2.20. The van der Waals surface area contributed by atoms with Crippen molar-refractivity contribution in [3.63, 3.8) is 0 Å². The van der Waals surface area contributed by atoms with Crippen LogP contribution in [0.4, 0.5) is 5.82 Å². The third-order valence-corrected chi connectivity index (χ3v) is 3.83. The van der Waals surface area contributed by atoms with E-state index < -0.39 is 0 Å². The fourth-order valence-electron chi connectivity index (χ4n) is 2.05. The van der Waals surface area contributed by atoms with Crippen molar-refractivity contribution >= 4 is 28.4 Å². The normalized spacial score (nSPS) is 21.2. The lowest BCUT2D eigenvalue weighted by Crippen LogP contribution is -2.22. The lowest BCUT2D eigenvalue weighted by molar-refractivity contribution is 0.345. The highest BCUT2D eigenvalue weighted by atomic mass is 127. The van der Waals surface area contributed by atoms with E-state index in [0.717, 1.165) is 21.9 Å². The Morgan fingerprint density at radius 3 is 3.19 bits per heavy atom. The number of rotatable bonds is 4. The SMILES string of the molecule is CCN1CCC(CNc2ncncc2I)C1. The van der Waals surface area contributed by atoms with E-state index in [0.29, 0.717) is 0 Å². The van der Waals surface area contributed by atoms with Gasteiger partial charge in [-0.25, -0.2) is 9.97 Å². The lowest BCUT2D eigenvalue weighted by atomic mass is 10.1. The van der Waals surface area contributed by atoms with E-state index in [1.807, 2.05) is 6.20 Å². The maximum absolute atomic E-state index is 4.24. The van der Waals surface area contributed by atoms with Gasteiger partial charge in [0.15, 0.2) is 0 Å². The molecule has 1 fully saturated rings. The van der Waals surface area contributed by atoms with Gasteiger partial charge in [0, 0.05) is 19.3 Å². The van der Waals surface area contributed by atoms with E-state index in [4.69, 9.17) is 0 Å². The summed E-state index contributed by atoms with van der Waals surface area (Å²) in [4.78, 5) is 10.7. The smallest absolute Gasteiger partial charge is 0.142 e. The fraction of sp³-hybridized carbons (Fsp3) is 0.636. The van der Waals surface area contributed by atoms with Crippen LogP contribution in [0.1, 0.15) is 13.3 Å². The molecule has 0 bridgehead atoms. The Morgan fingerprint density at radius 1 is 1.62 bits per heavy atom. The van der Waals surface area contributed by atoms with Crippen molar-refractivity contribution in [2.24, 2.45) is 5.92 Å². The molecule has 16 heavy (non-hydrogen) atoms. The number of aromatic nitrogens is 2. The molecule has 1 aromatic rings. The second-order valence-electron chi connectivity index (χ2n) is 4.15. The van der Waals surface area contributed by atoms with Crippen LogP contribution < -0.4 is 5.32 Å². The van der Waals surface area contributed by atoms with Gasteiger partial charge >= 0.3 is 0 Å². The summed E-state index contributed by atoms with van der Waals surface area (Å²) in [6.07, 6.45) is 4.73. The molecule has 0 amide bonds. The molecular formula is C11H17IN4. The summed E-state index contributed by atoms with van der Waals surface area (Å²) in [5.74, 6) is 1.72. The van der Waals surface area contributed by atoms with Crippen molar-refractivity contribution in [1.82, 2.24) is 14.9 Å². The van der Waals surface area contributed by atoms with Crippen LogP contribution >= 0.6 is 22.6 Å². The molecule has 5 heteroatoms. The van der Waals surface area contributed by atoms with Gasteiger partial charge in [0.25, 0.3) is 0 Å². The molecule has 0 saturated carbocycles. The molecule has 0 spiro atoms. The maximum Gasteiger partial charge on any atom is 0.142 e. The summed E-state index contributed by atoms with van der Waals surface area (Å²) in [5, 5.41) is 3.41. The molecule has 1 N–H and O–H groups in total. The van der Waals surface area contributed by atoms with Gasteiger partial charge in [0.1, 0.15) is 12.1 Å². The van der Waals surface area contributed by atoms with Gasteiger partial charge in [-0.15, -0.1) is 0 Å². The molecule has 1 atom stereocenters. The summed E-state index contributed by atoms with van der Waals surface area (Å²) < 4.78 is 1.09. The molecule has 1 aliphatic heterocycles. The van der Waals surface area contributed by atoms with Gasteiger partial charge in [0.05, 0.1) is 3.57 Å². The zero-order valence-corrected chi connectivity index (χ0v) is 11.6. The summed E-state index contributed by atoms with van der Waals surface area (Å²) in [5.41, 5.74) is 0. The topological polar surface area (TPSA) is 41.0 Å². The Hall–Kier alpha value is -0.430. The minimum Gasteiger partial charge on any atom is -0.369 e. The number of hydrogen-bond acceptors (Lipinski definition) is 4. The highest BCUT2D eigenvalue weighted by Crippen LogP contribution is 2.18. The molecule has 2 rings (SSSR count). The van der Waals surface area contributed by atoms with Gasteiger partial charge in [-0.1, -0.05) is 6.92 Å². The zero-order valence-electron chi connectivity index (χ0n) is 9.49. The molecule has 0 radical (unpaired) electrons. The van der Waals surface area contributed by atoms with Crippen LogP contribution in [0.5, 0.6) is 0 Å². The second-order valence-corrected chi connectivity index (χ2v) is 5.31. The Labute approximate surface area is 110 Å². The molecule has 1 unspecified atom stereocenters. The number of hydrogen-bond donors (Lipinski definition) is 1. The van der Waals surface area contributed by atoms with Gasteiger partial charge in [-0.3, -0.25) is 0 Å². The van der Waals surface area contributed by atoms with Crippen LogP contribution in [0.3, 0.4) is 0 Å². The summed E-state index contributed by atoms with van der Waals surface area (Å²) >= 11 is 2.26. The lowest BCUT2D eigenvalue weighted by Gasteiger charge is -2.14. The molecule has 4 nitrogen and oxygen atoms in total. The monoisotopic (exact) mass is 332 g/mol. The maximum atomic E-state index is 4.24. The molecule has 0 aromatic carbocycles. The highest BCUT2D eigenvalue weighted by molar-refractivity contribution is 14.1. The first kappa shape index (κ1) is 12.0. The number of halogens is 1. The van der Waals surface area contributed by atoms with Gasteiger partial charge in [-0.05, 0) is 48.0 Å².